The van der Waals surface area contributed by atoms with Crippen LogP contribution in [0.25, 0.3) is 6.08 Å². The molecular formula is C26H26N2O3S. The second kappa shape index (κ2) is 8.36. The minimum atomic E-state index is -0.578. The molecule has 1 aromatic heterocycles. The lowest BCUT2D eigenvalue weighted by Crippen LogP contribution is -2.39. The smallest absolute Gasteiger partial charge is 0.338 e. The Hall–Kier alpha value is -3.25. The molecule has 1 aliphatic rings. The summed E-state index contributed by atoms with van der Waals surface area (Å²) < 4.78 is 7.21. The molecule has 1 atom stereocenters. The molecule has 164 valence electrons. The summed E-state index contributed by atoms with van der Waals surface area (Å²) in [5.41, 5.74) is 3.86. The first-order valence-corrected chi connectivity index (χ1v) is 11.3. The number of allylic oxidation sites excluding steroid dienone is 1. The molecule has 0 amide bonds. The zero-order valence-corrected chi connectivity index (χ0v) is 19.7. The average molecular weight is 447 g/mol. The molecule has 0 spiro atoms. The van der Waals surface area contributed by atoms with E-state index in [1.54, 1.807) is 11.5 Å². The highest BCUT2D eigenvalue weighted by Gasteiger charge is 2.32. The fourth-order valence-corrected chi connectivity index (χ4v) is 4.92. The first-order chi connectivity index (χ1) is 15.2. The molecule has 32 heavy (non-hydrogen) atoms. The van der Waals surface area contributed by atoms with Gasteiger partial charge >= 0.3 is 5.97 Å². The first kappa shape index (κ1) is 22.0. The molecule has 4 rings (SSSR count). The molecule has 2 aromatic carbocycles. The second-order valence-electron chi connectivity index (χ2n) is 8.86. The van der Waals surface area contributed by atoms with E-state index < -0.39 is 12.0 Å². The van der Waals surface area contributed by atoms with Crippen molar-refractivity contribution in [2.75, 3.05) is 7.11 Å². The number of carbonyl (C=O) groups excluding carboxylic acids is 1. The number of benzene rings is 2. The minimum Gasteiger partial charge on any atom is -0.466 e. The Kier molecular flexibility index (Phi) is 5.73. The summed E-state index contributed by atoms with van der Waals surface area (Å²) >= 11 is 1.33. The molecule has 3 aromatic rings. The van der Waals surface area contributed by atoms with Gasteiger partial charge in [-0.1, -0.05) is 86.7 Å². The number of thiazole rings is 1. The van der Waals surface area contributed by atoms with E-state index in [1.807, 2.05) is 48.5 Å². The molecule has 1 aliphatic heterocycles. The van der Waals surface area contributed by atoms with Gasteiger partial charge in [0.1, 0.15) is 0 Å². The maximum absolute atomic E-state index is 13.5. The highest BCUT2D eigenvalue weighted by Crippen LogP contribution is 2.30. The normalized spacial score (nSPS) is 16.5. The molecule has 0 N–H and O–H groups in total. The number of carbonyl (C=O) groups is 1. The highest BCUT2D eigenvalue weighted by molar-refractivity contribution is 7.07. The number of hydrogen-bond acceptors (Lipinski definition) is 5. The van der Waals surface area contributed by atoms with Crippen molar-refractivity contribution in [1.29, 1.82) is 0 Å². The van der Waals surface area contributed by atoms with E-state index in [-0.39, 0.29) is 11.0 Å². The van der Waals surface area contributed by atoms with Crippen LogP contribution in [0, 0.1) is 0 Å². The van der Waals surface area contributed by atoms with Gasteiger partial charge in [-0.05, 0) is 35.1 Å². The van der Waals surface area contributed by atoms with E-state index in [0.29, 0.717) is 20.6 Å². The van der Waals surface area contributed by atoms with Crippen LogP contribution in [-0.4, -0.2) is 17.6 Å². The van der Waals surface area contributed by atoms with Crippen molar-refractivity contribution in [3.8, 4) is 0 Å². The van der Waals surface area contributed by atoms with Crippen LogP contribution >= 0.6 is 11.3 Å². The van der Waals surface area contributed by atoms with E-state index in [2.05, 4.69) is 37.9 Å². The second-order valence-corrected chi connectivity index (χ2v) is 9.87. The van der Waals surface area contributed by atoms with Gasteiger partial charge in [-0.3, -0.25) is 9.36 Å². The first-order valence-electron chi connectivity index (χ1n) is 10.5. The summed E-state index contributed by atoms with van der Waals surface area (Å²) in [6.07, 6.45) is 1.88. The van der Waals surface area contributed by atoms with E-state index in [0.717, 1.165) is 11.1 Å². The van der Waals surface area contributed by atoms with Crippen LogP contribution in [0.3, 0.4) is 0 Å². The summed E-state index contributed by atoms with van der Waals surface area (Å²) in [6.45, 7) is 8.30. The van der Waals surface area contributed by atoms with Crippen molar-refractivity contribution in [1.82, 2.24) is 4.57 Å². The zero-order chi connectivity index (χ0) is 23.0. The van der Waals surface area contributed by atoms with Crippen LogP contribution in [0.15, 0.2) is 75.7 Å². The third-order valence-electron chi connectivity index (χ3n) is 5.62. The molecule has 0 saturated carbocycles. The fraction of sp³-hybridized carbons (Fsp3) is 0.269. The maximum atomic E-state index is 13.5. The quantitative estimate of drug-likeness (QED) is 0.577. The molecule has 0 fully saturated rings. The number of nitrogens with zero attached hydrogens (tertiary/aromatic N) is 2. The Morgan fingerprint density at radius 2 is 1.75 bits per heavy atom. The van der Waals surface area contributed by atoms with Gasteiger partial charge in [-0.2, -0.15) is 0 Å². The van der Waals surface area contributed by atoms with Crippen molar-refractivity contribution in [2.45, 2.75) is 39.2 Å². The van der Waals surface area contributed by atoms with Gasteiger partial charge < -0.3 is 4.74 Å². The molecule has 2 heterocycles. The molecule has 0 bridgehead atoms. The number of rotatable bonds is 3. The van der Waals surface area contributed by atoms with Crippen LogP contribution < -0.4 is 14.9 Å². The number of ether oxygens (including phenoxy) is 1. The van der Waals surface area contributed by atoms with Crippen LogP contribution in [-0.2, 0) is 14.9 Å². The van der Waals surface area contributed by atoms with Crippen molar-refractivity contribution in [2.24, 2.45) is 4.99 Å². The topological polar surface area (TPSA) is 60.7 Å². The van der Waals surface area contributed by atoms with Crippen molar-refractivity contribution in [3.63, 3.8) is 0 Å². The summed E-state index contributed by atoms with van der Waals surface area (Å²) in [7, 11) is 1.34. The third kappa shape index (κ3) is 3.98. The van der Waals surface area contributed by atoms with Gasteiger partial charge in [0.05, 0.1) is 29.0 Å². The lowest BCUT2D eigenvalue weighted by Gasteiger charge is -2.24. The predicted molar refractivity (Wildman–Crippen MR) is 127 cm³/mol. The number of fused-ring (bicyclic) bond motifs is 1. The number of aromatic nitrogens is 1. The molecule has 0 aliphatic carbocycles. The van der Waals surface area contributed by atoms with E-state index in [4.69, 9.17) is 4.74 Å². The third-order valence-corrected chi connectivity index (χ3v) is 6.60. The van der Waals surface area contributed by atoms with Crippen LogP contribution in [0.5, 0.6) is 0 Å². The Morgan fingerprint density at radius 3 is 2.34 bits per heavy atom. The molecule has 5 nitrogen and oxygen atoms in total. The number of esters is 1. The van der Waals surface area contributed by atoms with Gasteiger partial charge in [-0.15, -0.1) is 0 Å². The van der Waals surface area contributed by atoms with E-state index in [1.165, 1.54) is 24.0 Å². The minimum absolute atomic E-state index is 0.0648. The Balaban J connectivity index is 1.89. The summed E-state index contributed by atoms with van der Waals surface area (Å²) in [5, 5.41) is 0. The predicted octanol–water partition coefficient (Wildman–Crippen LogP) is 3.71. The van der Waals surface area contributed by atoms with Crippen molar-refractivity contribution >= 4 is 23.4 Å². The number of hydrogen-bond donors (Lipinski definition) is 0. The van der Waals surface area contributed by atoms with E-state index in [9.17, 15) is 9.59 Å². The van der Waals surface area contributed by atoms with Gasteiger partial charge in [0.2, 0.25) is 0 Å². The zero-order valence-electron chi connectivity index (χ0n) is 18.9. The highest BCUT2D eigenvalue weighted by atomic mass is 32.1. The summed E-state index contributed by atoms with van der Waals surface area (Å²) in [5.74, 6) is -0.479. The van der Waals surface area contributed by atoms with Gasteiger partial charge in [0.15, 0.2) is 4.80 Å². The molecule has 6 heteroatoms. The lowest BCUT2D eigenvalue weighted by molar-refractivity contribution is -0.136. The van der Waals surface area contributed by atoms with E-state index >= 15 is 0 Å². The van der Waals surface area contributed by atoms with Crippen LogP contribution in [0.1, 0.15) is 50.4 Å². The number of methoxy groups -OCH3 is 1. The molecule has 1 unspecified atom stereocenters. The Labute approximate surface area is 191 Å². The Bertz CT molecular complexity index is 1370. The average Bonchev–Trinajstić information content (AvgIpc) is 3.07. The Morgan fingerprint density at radius 1 is 1.09 bits per heavy atom. The molecule has 0 radical (unpaired) electrons. The van der Waals surface area contributed by atoms with Gasteiger partial charge in [0, 0.05) is 0 Å². The van der Waals surface area contributed by atoms with Gasteiger partial charge in [0.25, 0.3) is 5.56 Å². The SMILES string of the molecule is COC(=O)C1=C(C)N=c2s/c(=C\c3ccc(C(C)(C)C)cc3)c(=O)n2C1c1ccccc1. The largest absolute Gasteiger partial charge is 0.466 e. The van der Waals surface area contributed by atoms with Crippen LogP contribution in [0.4, 0.5) is 0 Å². The van der Waals surface area contributed by atoms with Crippen LogP contribution in [0.2, 0.25) is 0 Å². The molecule has 0 saturated heterocycles. The summed E-state index contributed by atoms with van der Waals surface area (Å²) in [4.78, 5) is 31.3. The molecular weight excluding hydrogens is 420 g/mol. The van der Waals surface area contributed by atoms with Crippen molar-refractivity contribution in [3.05, 3.63) is 102 Å². The lowest BCUT2D eigenvalue weighted by atomic mass is 9.87. The van der Waals surface area contributed by atoms with Crippen molar-refractivity contribution < 1.29 is 9.53 Å². The summed E-state index contributed by atoms with van der Waals surface area (Å²) in [6, 6.07) is 17.2. The maximum Gasteiger partial charge on any atom is 0.338 e. The monoisotopic (exact) mass is 446 g/mol. The fourth-order valence-electron chi connectivity index (χ4n) is 3.87. The van der Waals surface area contributed by atoms with Gasteiger partial charge in [-0.25, -0.2) is 9.79 Å². The standard InChI is InChI=1S/C26H26N2O3S/c1-16-21(24(30)31-5)22(18-9-7-6-8-10-18)28-23(29)20(32-25(28)27-16)15-17-11-13-19(14-12-17)26(2,3)4/h6-15,22H,1-5H3/b20-15-.